The Morgan fingerprint density at radius 1 is 0.955 bits per heavy atom. The predicted octanol–water partition coefficient (Wildman–Crippen LogP) is 2.95. The molecule has 0 aliphatic rings. The molecule has 0 saturated heterocycles. The fourth-order valence-electron chi connectivity index (χ4n) is 2.45. The fraction of sp³-hybridized carbons (Fsp3) is 0.105. The van der Waals surface area contributed by atoms with Gasteiger partial charge in [0.1, 0.15) is 11.3 Å². The van der Waals surface area contributed by atoms with Crippen LogP contribution in [0.4, 0.5) is 0 Å². The second kappa shape index (κ2) is 5.79. The van der Waals surface area contributed by atoms with Gasteiger partial charge in [0.05, 0.1) is 12.6 Å². The van der Waals surface area contributed by atoms with E-state index in [0.717, 1.165) is 16.5 Å². The van der Waals surface area contributed by atoms with E-state index < -0.39 is 0 Å². The van der Waals surface area contributed by atoms with Crippen molar-refractivity contribution in [2.24, 2.45) is 7.05 Å². The lowest BCUT2D eigenvalue weighted by Gasteiger charge is -2.11. The molecule has 1 aromatic heterocycles. The summed E-state index contributed by atoms with van der Waals surface area (Å²) in [5, 5.41) is 0.879. The molecule has 3 rings (SSSR count). The quantitative estimate of drug-likeness (QED) is 0.645. The highest BCUT2D eigenvalue weighted by Crippen LogP contribution is 2.26. The molecule has 0 bridgehead atoms. The molecule has 3 nitrogen and oxygen atoms in total. The molecule has 0 saturated carbocycles. The minimum atomic E-state index is -0.154. The number of nitrogens with zero attached hydrogens (tertiary/aromatic N) is 1. The zero-order chi connectivity index (χ0) is 15.5. The zero-order valence-electron chi connectivity index (χ0n) is 12.5. The van der Waals surface area contributed by atoms with Crippen LogP contribution in [0.15, 0.2) is 59.4 Å². The van der Waals surface area contributed by atoms with E-state index in [0.29, 0.717) is 11.3 Å². The van der Waals surface area contributed by atoms with E-state index in [4.69, 9.17) is 4.74 Å². The summed E-state index contributed by atoms with van der Waals surface area (Å²) in [5.41, 5.74) is 1.92. The number of methoxy groups -OCH3 is 1. The molecule has 0 aliphatic carbocycles. The van der Waals surface area contributed by atoms with E-state index in [2.05, 4.69) is 11.8 Å². The molecule has 0 atom stereocenters. The molecule has 0 unspecified atom stereocenters. The average molecular weight is 289 g/mol. The number of hydrogen-bond acceptors (Lipinski definition) is 2. The maximum absolute atomic E-state index is 12.6. The van der Waals surface area contributed by atoms with Crippen molar-refractivity contribution < 1.29 is 4.74 Å². The standard InChI is InChI=1S/C19H15NO2/c1-20-17-11-7-6-10-15(17)18(22-2)16(19(20)21)13-12-14-8-4-3-5-9-14/h3-11H,1-2H3. The first-order chi connectivity index (χ1) is 10.7. The first-order valence-corrected chi connectivity index (χ1v) is 6.95. The summed E-state index contributed by atoms with van der Waals surface area (Å²) in [6, 6.07) is 17.2. The summed E-state index contributed by atoms with van der Waals surface area (Å²) in [6.45, 7) is 0. The smallest absolute Gasteiger partial charge is 0.270 e. The van der Waals surface area contributed by atoms with Crippen LogP contribution in [0, 0.1) is 11.8 Å². The summed E-state index contributed by atoms with van der Waals surface area (Å²) >= 11 is 0. The molecule has 2 aromatic carbocycles. The normalized spacial score (nSPS) is 10.1. The van der Waals surface area contributed by atoms with Gasteiger partial charge >= 0.3 is 0 Å². The van der Waals surface area contributed by atoms with Crippen molar-refractivity contribution >= 4 is 10.9 Å². The maximum atomic E-state index is 12.6. The number of aromatic nitrogens is 1. The summed E-state index contributed by atoms with van der Waals surface area (Å²) in [6.07, 6.45) is 0. The lowest BCUT2D eigenvalue weighted by atomic mass is 10.1. The largest absolute Gasteiger partial charge is 0.495 e. The van der Waals surface area contributed by atoms with Crippen LogP contribution < -0.4 is 10.3 Å². The SMILES string of the molecule is COc1c(C#Cc2ccccc2)c(=O)n(C)c2ccccc12. The van der Waals surface area contributed by atoms with Crippen LogP contribution in [0.2, 0.25) is 0 Å². The van der Waals surface area contributed by atoms with Crippen LogP contribution in [0.3, 0.4) is 0 Å². The molecule has 0 fully saturated rings. The Morgan fingerprint density at radius 2 is 1.64 bits per heavy atom. The minimum Gasteiger partial charge on any atom is -0.495 e. The molecule has 1 heterocycles. The van der Waals surface area contributed by atoms with Gasteiger partial charge in [-0.3, -0.25) is 4.79 Å². The second-order valence-corrected chi connectivity index (χ2v) is 4.91. The highest BCUT2D eigenvalue weighted by molar-refractivity contribution is 5.87. The van der Waals surface area contributed by atoms with Crippen LogP contribution in [-0.4, -0.2) is 11.7 Å². The monoisotopic (exact) mass is 289 g/mol. The molecule has 22 heavy (non-hydrogen) atoms. The Labute approximate surface area is 128 Å². The number of rotatable bonds is 1. The number of fused-ring (bicyclic) bond motifs is 1. The van der Waals surface area contributed by atoms with Crippen LogP contribution in [0.25, 0.3) is 10.9 Å². The summed E-state index contributed by atoms with van der Waals surface area (Å²) in [7, 11) is 3.31. The van der Waals surface area contributed by atoms with Crippen molar-refractivity contribution in [2.75, 3.05) is 7.11 Å². The summed E-state index contributed by atoms with van der Waals surface area (Å²) in [4.78, 5) is 12.6. The highest BCUT2D eigenvalue weighted by Gasteiger charge is 2.13. The Balaban J connectivity index is 2.28. The molecular weight excluding hydrogens is 274 g/mol. The van der Waals surface area contributed by atoms with E-state index in [1.807, 2.05) is 54.6 Å². The van der Waals surface area contributed by atoms with E-state index in [9.17, 15) is 4.79 Å². The van der Waals surface area contributed by atoms with Crippen molar-refractivity contribution in [2.45, 2.75) is 0 Å². The Morgan fingerprint density at radius 3 is 2.36 bits per heavy atom. The predicted molar refractivity (Wildman–Crippen MR) is 88.2 cm³/mol. The minimum absolute atomic E-state index is 0.154. The molecule has 0 N–H and O–H groups in total. The lowest BCUT2D eigenvalue weighted by molar-refractivity contribution is 0.417. The number of pyridine rings is 1. The molecule has 0 aliphatic heterocycles. The maximum Gasteiger partial charge on any atom is 0.270 e. The average Bonchev–Trinajstić information content (AvgIpc) is 2.57. The second-order valence-electron chi connectivity index (χ2n) is 4.91. The highest BCUT2D eigenvalue weighted by atomic mass is 16.5. The number of hydrogen-bond donors (Lipinski definition) is 0. The summed E-state index contributed by atoms with van der Waals surface area (Å²) < 4.78 is 7.07. The van der Waals surface area contributed by atoms with E-state index in [1.54, 1.807) is 18.7 Å². The Hall–Kier alpha value is -2.99. The number of benzene rings is 2. The molecule has 0 radical (unpaired) electrons. The molecule has 108 valence electrons. The van der Waals surface area contributed by atoms with Crippen molar-refractivity contribution in [3.05, 3.63) is 76.1 Å². The van der Waals surface area contributed by atoms with Crippen LogP contribution in [-0.2, 0) is 7.05 Å². The Kier molecular flexibility index (Phi) is 3.67. The van der Waals surface area contributed by atoms with Crippen molar-refractivity contribution in [1.29, 1.82) is 0 Å². The van der Waals surface area contributed by atoms with Gasteiger partial charge in [-0.1, -0.05) is 42.2 Å². The molecule has 0 amide bonds. The van der Waals surface area contributed by atoms with E-state index in [-0.39, 0.29) is 5.56 Å². The Bertz CT molecular complexity index is 944. The van der Waals surface area contributed by atoms with E-state index in [1.165, 1.54) is 0 Å². The van der Waals surface area contributed by atoms with Gasteiger partial charge in [0.25, 0.3) is 5.56 Å². The fourth-order valence-corrected chi connectivity index (χ4v) is 2.45. The molecule has 3 heteroatoms. The zero-order valence-corrected chi connectivity index (χ0v) is 12.5. The van der Waals surface area contributed by atoms with Gasteiger partial charge in [-0.2, -0.15) is 0 Å². The molecule has 3 aromatic rings. The first-order valence-electron chi connectivity index (χ1n) is 6.95. The molecule has 0 spiro atoms. The van der Waals surface area contributed by atoms with Crippen LogP contribution in [0.1, 0.15) is 11.1 Å². The van der Waals surface area contributed by atoms with Crippen molar-refractivity contribution in [3.8, 4) is 17.6 Å². The van der Waals surface area contributed by atoms with Crippen molar-refractivity contribution in [1.82, 2.24) is 4.57 Å². The topological polar surface area (TPSA) is 31.2 Å². The van der Waals surface area contributed by atoms with E-state index >= 15 is 0 Å². The van der Waals surface area contributed by atoms with Gasteiger partial charge in [-0.15, -0.1) is 0 Å². The first kappa shape index (κ1) is 14.0. The third-order valence-corrected chi connectivity index (χ3v) is 3.57. The van der Waals surface area contributed by atoms with Crippen LogP contribution >= 0.6 is 0 Å². The number of ether oxygens (including phenoxy) is 1. The number of aryl methyl sites for hydroxylation is 1. The van der Waals surface area contributed by atoms with Gasteiger partial charge in [-0.05, 0) is 24.3 Å². The third kappa shape index (κ3) is 2.36. The van der Waals surface area contributed by atoms with Gasteiger partial charge in [-0.25, -0.2) is 0 Å². The number of para-hydroxylation sites is 1. The van der Waals surface area contributed by atoms with Gasteiger partial charge in [0.15, 0.2) is 0 Å². The van der Waals surface area contributed by atoms with Crippen molar-refractivity contribution in [3.63, 3.8) is 0 Å². The van der Waals surface area contributed by atoms with Gasteiger partial charge in [0, 0.05) is 18.0 Å². The summed E-state index contributed by atoms with van der Waals surface area (Å²) in [5.74, 6) is 6.53. The lowest BCUT2D eigenvalue weighted by Crippen LogP contribution is -2.21. The van der Waals surface area contributed by atoms with Crippen LogP contribution in [0.5, 0.6) is 5.75 Å². The van der Waals surface area contributed by atoms with Gasteiger partial charge in [0.2, 0.25) is 0 Å². The van der Waals surface area contributed by atoms with Gasteiger partial charge < -0.3 is 9.30 Å². The third-order valence-electron chi connectivity index (χ3n) is 3.57. The molecular formula is C19H15NO2.